The fourth-order valence-corrected chi connectivity index (χ4v) is 2.84. The number of ketones is 1. The lowest BCUT2D eigenvalue weighted by Crippen LogP contribution is -2.21. The molecule has 0 unspecified atom stereocenters. The number of hydrogen-bond donors (Lipinski definition) is 0. The highest BCUT2D eigenvalue weighted by Crippen LogP contribution is 2.32. The monoisotopic (exact) mass is 368 g/mol. The molecule has 2 aromatic rings. The van der Waals surface area contributed by atoms with E-state index >= 15 is 0 Å². The fourth-order valence-electron chi connectivity index (χ4n) is 1.98. The van der Waals surface area contributed by atoms with Crippen LogP contribution in [0.25, 0.3) is 0 Å². The van der Waals surface area contributed by atoms with Gasteiger partial charge in [0.1, 0.15) is 5.01 Å². The predicted octanol–water partition coefficient (Wildman–Crippen LogP) is 3.50. The Morgan fingerprint density at radius 3 is 2.60 bits per heavy atom. The molecule has 1 aromatic heterocycles. The van der Waals surface area contributed by atoms with Crippen molar-refractivity contribution < 1.29 is 27.5 Å². The maximum Gasteiger partial charge on any atom is 0.417 e. The van der Waals surface area contributed by atoms with E-state index in [9.17, 15) is 22.8 Å². The fraction of sp³-hybridized carbons (Fsp3) is 0.250. The molecule has 0 spiro atoms. The Bertz CT molecular complexity index is 840. The van der Waals surface area contributed by atoms with Crippen molar-refractivity contribution in [1.82, 2.24) is 4.98 Å². The number of alkyl halides is 3. The Kier molecular flexibility index (Phi) is 5.54. The molecule has 130 valence electrons. The summed E-state index contributed by atoms with van der Waals surface area (Å²) in [4.78, 5) is 28.0. The number of nitriles is 1. The third-order valence-electron chi connectivity index (χ3n) is 3.13. The third kappa shape index (κ3) is 4.42. The molecule has 0 amide bonds. The van der Waals surface area contributed by atoms with Crippen molar-refractivity contribution in [2.45, 2.75) is 19.0 Å². The van der Waals surface area contributed by atoms with E-state index in [1.807, 2.05) is 0 Å². The number of hydrogen-bond acceptors (Lipinski definition) is 6. The van der Waals surface area contributed by atoms with Crippen LogP contribution in [0.1, 0.15) is 32.5 Å². The second kappa shape index (κ2) is 7.44. The van der Waals surface area contributed by atoms with Gasteiger partial charge in [-0.15, -0.1) is 11.3 Å². The van der Waals surface area contributed by atoms with E-state index in [2.05, 4.69) is 9.72 Å². The SMILES string of the molecule is Cc1csc([C@H](C#N)C(=O)COC(=O)c2ccccc2C(F)(F)F)n1. The number of rotatable bonds is 5. The van der Waals surface area contributed by atoms with Gasteiger partial charge in [-0.2, -0.15) is 18.4 Å². The van der Waals surface area contributed by atoms with Crippen molar-refractivity contribution in [3.63, 3.8) is 0 Å². The number of Topliss-reactive ketones (excluding diaryl/α,β-unsaturated/α-hetero) is 1. The first-order chi connectivity index (χ1) is 11.7. The van der Waals surface area contributed by atoms with Gasteiger partial charge in [-0.3, -0.25) is 4.79 Å². The molecule has 0 aliphatic rings. The van der Waals surface area contributed by atoms with Gasteiger partial charge in [0.2, 0.25) is 0 Å². The summed E-state index contributed by atoms with van der Waals surface area (Å²) in [5, 5.41) is 11.0. The molecule has 0 fully saturated rings. The maximum atomic E-state index is 12.9. The van der Waals surface area contributed by atoms with Crippen molar-refractivity contribution in [2.24, 2.45) is 0 Å². The van der Waals surface area contributed by atoms with Gasteiger partial charge in [-0.1, -0.05) is 12.1 Å². The van der Waals surface area contributed by atoms with Gasteiger partial charge in [0.05, 0.1) is 17.2 Å². The van der Waals surface area contributed by atoms with E-state index in [0.29, 0.717) is 5.69 Å². The van der Waals surface area contributed by atoms with E-state index in [1.54, 1.807) is 18.4 Å². The van der Waals surface area contributed by atoms with Gasteiger partial charge >= 0.3 is 12.1 Å². The molecule has 0 aliphatic carbocycles. The minimum absolute atomic E-state index is 0.247. The van der Waals surface area contributed by atoms with E-state index in [4.69, 9.17) is 5.26 Å². The summed E-state index contributed by atoms with van der Waals surface area (Å²) < 4.78 is 43.3. The number of halogens is 3. The molecule has 2 rings (SSSR count). The zero-order chi connectivity index (χ0) is 18.6. The van der Waals surface area contributed by atoms with Gasteiger partial charge in [0, 0.05) is 11.1 Å². The minimum Gasteiger partial charge on any atom is -0.454 e. The summed E-state index contributed by atoms with van der Waals surface area (Å²) in [7, 11) is 0. The van der Waals surface area contributed by atoms with Crippen LogP contribution in [0.2, 0.25) is 0 Å². The molecule has 0 saturated carbocycles. The van der Waals surface area contributed by atoms with Crippen LogP contribution in [-0.2, 0) is 15.7 Å². The van der Waals surface area contributed by atoms with Crippen molar-refractivity contribution in [3.05, 3.63) is 51.5 Å². The van der Waals surface area contributed by atoms with E-state index < -0.39 is 41.6 Å². The summed E-state index contributed by atoms with van der Waals surface area (Å²) in [5.74, 6) is -3.27. The number of aromatic nitrogens is 1. The Morgan fingerprint density at radius 2 is 2.04 bits per heavy atom. The number of ether oxygens (including phenoxy) is 1. The zero-order valence-corrected chi connectivity index (χ0v) is 13.6. The van der Waals surface area contributed by atoms with Crippen LogP contribution in [0.15, 0.2) is 29.6 Å². The molecule has 0 bridgehead atoms. The molecule has 0 N–H and O–H groups in total. The first-order valence-corrected chi connectivity index (χ1v) is 7.79. The van der Waals surface area contributed by atoms with E-state index in [1.165, 1.54) is 6.07 Å². The lowest BCUT2D eigenvalue weighted by Gasteiger charge is -2.12. The molecular formula is C16H11F3N2O3S. The van der Waals surface area contributed by atoms with Crippen LogP contribution in [0.3, 0.4) is 0 Å². The van der Waals surface area contributed by atoms with E-state index in [0.717, 1.165) is 29.5 Å². The van der Waals surface area contributed by atoms with Gasteiger partial charge in [0.25, 0.3) is 0 Å². The number of aryl methyl sites for hydroxylation is 1. The average molecular weight is 368 g/mol. The van der Waals surface area contributed by atoms with Crippen molar-refractivity contribution in [3.8, 4) is 6.07 Å². The Labute approximate surface area is 144 Å². The topological polar surface area (TPSA) is 80.0 Å². The molecule has 5 nitrogen and oxygen atoms in total. The average Bonchev–Trinajstić information content (AvgIpc) is 2.98. The largest absolute Gasteiger partial charge is 0.454 e. The summed E-state index contributed by atoms with van der Waals surface area (Å²) in [6.07, 6.45) is -4.73. The molecule has 0 saturated heterocycles. The molecule has 0 radical (unpaired) electrons. The van der Waals surface area contributed by atoms with Crippen LogP contribution in [-0.4, -0.2) is 23.3 Å². The van der Waals surface area contributed by atoms with Gasteiger partial charge in [-0.05, 0) is 19.1 Å². The second-order valence-electron chi connectivity index (χ2n) is 4.98. The summed E-state index contributed by atoms with van der Waals surface area (Å²) in [6, 6.07) is 5.86. The highest BCUT2D eigenvalue weighted by Gasteiger charge is 2.35. The molecule has 1 heterocycles. The van der Waals surface area contributed by atoms with Gasteiger partial charge in [0.15, 0.2) is 18.3 Å². The first-order valence-electron chi connectivity index (χ1n) is 6.91. The number of benzene rings is 1. The number of carbonyl (C=O) groups excluding carboxylic acids is 2. The molecular weight excluding hydrogens is 357 g/mol. The number of thiazole rings is 1. The quantitative estimate of drug-likeness (QED) is 0.755. The molecule has 1 aromatic carbocycles. The van der Waals surface area contributed by atoms with Crippen LogP contribution in [0, 0.1) is 18.3 Å². The third-order valence-corrected chi connectivity index (χ3v) is 4.16. The Morgan fingerprint density at radius 1 is 1.36 bits per heavy atom. The predicted molar refractivity (Wildman–Crippen MR) is 81.9 cm³/mol. The zero-order valence-electron chi connectivity index (χ0n) is 12.8. The van der Waals surface area contributed by atoms with Gasteiger partial charge in [-0.25, -0.2) is 9.78 Å². The second-order valence-corrected chi connectivity index (χ2v) is 5.86. The maximum absolute atomic E-state index is 12.9. The van der Waals surface area contributed by atoms with E-state index in [-0.39, 0.29) is 5.01 Å². The lowest BCUT2D eigenvalue weighted by molar-refractivity contribution is -0.138. The molecule has 1 atom stereocenters. The number of esters is 1. The standard InChI is InChI=1S/C16H11F3N2O3S/c1-9-8-25-14(21-9)11(6-20)13(22)7-24-15(23)10-4-2-3-5-12(10)16(17,18)19/h2-5,8,11H,7H2,1H3/t11-/m1/s1. The molecule has 0 aliphatic heterocycles. The van der Waals surface area contributed by atoms with Crippen molar-refractivity contribution in [1.29, 1.82) is 5.26 Å². The lowest BCUT2D eigenvalue weighted by atomic mass is 10.1. The number of carbonyl (C=O) groups is 2. The summed E-state index contributed by atoms with van der Waals surface area (Å²) in [6.45, 7) is 0.870. The van der Waals surface area contributed by atoms with Gasteiger partial charge < -0.3 is 4.74 Å². The van der Waals surface area contributed by atoms with Crippen LogP contribution >= 0.6 is 11.3 Å². The van der Waals surface area contributed by atoms with Crippen LogP contribution in [0.5, 0.6) is 0 Å². The molecule has 9 heteroatoms. The van der Waals surface area contributed by atoms with Crippen molar-refractivity contribution >= 4 is 23.1 Å². The van der Waals surface area contributed by atoms with Crippen LogP contribution in [0.4, 0.5) is 13.2 Å². The normalized spacial score (nSPS) is 12.3. The summed E-state index contributed by atoms with van der Waals surface area (Å²) in [5.41, 5.74) is -1.22. The smallest absolute Gasteiger partial charge is 0.417 e. The Hall–Kier alpha value is -2.73. The molecule has 25 heavy (non-hydrogen) atoms. The number of nitrogens with zero attached hydrogens (tertiary/aromatic N) is 2. The highest BCUT2D eigenvalue weighted by molar-refractivity contribution is 7.09. The minimum atomic E-state index is -4.73. The Balaban J connectivity index is 2.10. The van der Waals surface area contributed by atoms with Crippen LogP contribution < -0.4 is 0 Å². The first kappa shape index (κ1) is 18.6. The summed E-state index contributed by atoms with van der Waals surface area (Å²) >= 11 is 1.10. The van der Waals surface area contributed by atoms with Crippen molar-refractivity contribution in [2.75, 3.05) is 6.61 Å². The highest BCUT2D eigenvalue weighted by atomic mass is 32.1.